The van der Waals surface area contributed by atoms with E-state index in [0.717, 1.165) is 46.1 Å². The fourth-order valence-electron chi connectivity index (χ4n) is 3.31. The van der Waals surface area contributed by atoms with Crippen molar-refractivity contribution in [3.8, 4) is 0 Å². The number of halogens is 1. The number of carbonyl (C=O) groups excluding carboxylic acids is 2. The van der Waals surface area contributed by atoms with Crippen LogP contribution < -0.4 is 0 Å². The highest BCUT2D eigenvalue weighted by Gasteiger charge is 2.30. The number of allylic oxidation sites excluding steroid dienone is 2. The molecule has 2 heterocycles. The lowest BCUT2D eigenvalue weighted by atomic mass is 9.91. The maximum Gasteiger partial charge on any atom is 0.198 e. The molecule has 2 aromatic rings. The van der Waals surface area contributed by atoms with Crippen molar-refractivity contribution >= 4 is 58.0 Å². The van der Waals surface area contributed by atoms with Gasteiger partial charge in [0.1, 0.15) is 0 Å². The molecule has 0 atom stereocenters. The molecule has 1 aromatic carbocycles. The Morgan fingerprint density at radius 3 is 2.88 bits per heavy atom. The minimum absolute atomic E-state index is 0.0409. The van der Waals surface area contributed by atoms with Gasteiger partial charge in [0.15, 0.2) is 11.6 Å². The maximum atomic E-state index is 13.2. The molecule has 0 fully saturated rings. The first-order chi connectivity index (χ1) is 12.6. The summed E-state index contributed by atoms with van der Waals surface area (Å²) in [4.78, 5) is 29.1. The average molecular weight is 421 g/mol. The third-order valence-corrected chi connectivity index (χ3v) is 8.42. The van der Waals surface area contributed by atoms with Gasteiger partial charge in [-0.2, -0.15) is 0 Å². The molecular weight excluding hydrogens is 404 g/mol. The molecule has 1 aliphatic carbocycles. The molecule has 6 heteroatoms. The number of thioether (sulfide) groups is 2. The molecule has 1 aliphatic heterocycles. The Kier molecular flexibility index (Phi) is 5.60. The first-order valence-corrected chi connectivity index (χ1v) is 11.8. The van der Waals surface area contributed by atoms with E-state index in [1.807, 2.05) is 17.5 Å². The third-order valence-electron chi connectivity index (χ3n) is 4.62. The van der Waals surface area contributed by atoms with E-state index in [1.165, 1.54) is 4.88 Å². The highest BCUT2D eigenvalue weighted by molar-refractivity contribution is 8.02. The zero-order valence-electron chi connectivity index (χ0n) is 14.0. The first kappa shape index (κ1) is 18.4. The molecule has 1 aromatic heterocycles. The molecule has 134 valence electrons. The molecule has 0 unspecified atom stereocenters. The maximum absolute atomic E-state index is 13.2. The molecule has 26 heavy (non-hydrogen) atoms. The van der Waals surface area contributed by atoms with E-state index in [-0.39, 0.29) is 11.6 Å². The van der Waals surface area contributed by atoms with Gasteiger partial charge in [-0.3, -0.25) is 9.59 Å². The molecule has 0 amide bonds. The van der Waals surface area contributed by atoms with Crippen molar-refractivity contribution in [2.45, 2.75) is 36.3 Å². The molecule has 0 saturated heterocycles. The predicted molar refractivity (Wildman–Crippen MR) is 112 cm³/mol. The number of ketones is 2. The number of benzene rings is 1. The van der Waals surface area contributed by atoms with Crippen LogP contribution in [0.2, 0.25) is 5.02 Å². The number of fused-ring (bicyclic) bond motifs is 1. The Hall–Kier alpha value is -1.01. The molecule has 0 radical (unpaired) electrons. The van der Waals surface area contributed by atoms with Crippen LogP contribution in [0.15, 0.2) is 45.0 Å². The summed E-state index contributed by atoms with van der Waals surface area (Å²) in [6.45, 7) is 0. The second-order valence-corrected chi connectivity index (χ2v) is 9.89. The number of Topliss-reactive ketones (excluding diaryl/α,β-unsaturated/α-hetero) is 2. The zero-order chi connectivity index (χ0) is 18.1. The summed E-state index contributed by atoms with van der Waals surface area (Å²) in [5, 5.41) is 2.58. The van der Waals surface area contributed by atoms with Gasteiger partial charge in [-0.15, -0.1) is 34.9 Å². The highest BCUT2D eigenvalue weighted by Crippen LogP contribution is 2.40. The molecule has 0 bridgehead atoms. The number of thiophene rings is 1. The van der Waals surface area contributed by atoms with Crippen molar-refractivity contribution in [3.63, 3.8) is 0 Å². The fourth-order valence-corrected chi connectivity index (χ4v) is 6.77. The van der Waals surface area contributed by atoms with Gasteiger partial charge >= 0.3 is 0 Å². The van der Waals surface area contributed by atoms with E-state index in [4.69, 9.17) is 11.6 Å². The number of hydrogen-bond acceptors (Lipinski definition) is 5. The van der Waals surface area contributed by atoms with Crippen LogP contribution in [0.4, 0.5) is 0 Å². The lowest BCUT2D eigenvalue weighted by Crippen LogP contribution is -2.19. The van der Waals surface area contributed by atoms with E-state index >= 15 is 0 Å². The summed E-state index contributed by atoms with van der Waals surface area (Å²) in [6.07, 6.45) is 2.94. The normalized spacial score (nSPS) is 16.9. The number of carbonyl (C=O) groups is 2. The van der Waals surface area contributed by atoms with Crippen molar-refractivity contribution in [1.82, 2.24) is 0 Å². The van der Waals surface area contributed by atoms with E-state index in [1.54, 1.807) is 40.9 Å². The standard InChI is InChI=1S/C20H17ClO2S3/c21-19-13-8-10-25-16(13)7-6-14(19)20(23)18-15(22)4-1-5-17(18)26-11-12-3-2-9-24-12/h2-3,6-7,9H,1,4-5,8,10-11H2. The fraction of sp³-hybridized carbons (Fsp3) is 0.300. The molecular formula is C20H17ClO2S3. The Morgan fingerprint density at radius 2 is 2.08 bits per heavy atom. The summed E-state index contributed by atoms with van der Waals surface area (Å²) in [5.74, 6) is 1.55. The third kappa shape index (κ3) is 3.55. The van der Waals surface area contributed by atoms with Crippen LogP contribution in [0.5, 0.6) is 0 Å². The second-order valence-electron chi connectivity index (χ2n) is 6.27. The summed E-state index contributed by atoms with van der Waals surface area (Å²) < 4.78 is 0. The summed E-state index contributed by atoms with van der Waals surface area (Å²) in [7, 11) is 0. The summed E-state index contributed by atoms with van der Waals surface area (Å²) in [5.41, 5.74) is 1.90. The minimum Gasteiger partial charge on any atom is -0.294 e. The monoisotopic (exact) mass is 420 g/mol. The first-order valence-electron chi connectivity index (χ1n) is 8.55. The van der Waals surface area contributed by atoms with E-state index in [9.17, 15) is 9.59 Å². The molecule has 2 nitrogen and oxygen atoms in total. The van der Waals surface area contributed by atoms with Gasteiger partial charge in [0.2, 0.25) is 0 Å². The largest absolute Gasteiger partial charge is 0.294 e. The Balaban J connectivity index is 1.67. The van der Waals surface area contributed by atoms with Crippen LogP contribution in [0.25, 0.3) is 0 Å². The Bertz CT molecular complexity index is 900. The van der Waals surface area contributed by atoms with Crippen LogP contribution in [0, 0.1) is 0 Å². The van der Waals surface area contributed by atoms with Crippen LogP contribution in [0.3, 0.4) is 0 Å². The highest BCUT2D eigenvalue weighted by atomic mass is 35.5. The number of hydrogen-bond donors (Lipinski definition) is 0. The predicted octanol–water partition coefficient (Wildman–Crippen LogP) is 6.17. The average Bonchev–Trinajstić information content (AvgIpc) is 3.31. The topological polar surface area (TPSA) is 34.1 Å². The SMILES string of the molecule is O=C1CCCC(SCc2cccs2)=C1C(=O)c1ccc2c(c1Cl)CCS2. The smallest absolute Gasteiger partial charge is 0.198 e. The van der Waals surface area contributed by atoms with Crippen molar-refractivity contribution in [1.29, 1.82) is 0 Å². The van der Waals surface area contributed by atoms with Gasteiger partial charge in [0.25, 0.3) is 0 Å². The lowest BCUT2D eigenvalue weighted by molar-refractivity contribution is -0.115. The molecule has 2 aliphatic rings. The summed E-state index contributed by atoms with van der Waals surface area (Å²) in [6, 6.07) is 7.87. The van der Waals surface area contributed by atoms with Gasteiger partial charge in [0.05, 0.1) is 10.6 Å². The van der Waals surface area contributed by atoms with Crippen LogP contribution >= 0.6 is 46.5 Å². The Morgan fingerprint density at radius 1 is 1.19 bits per heavy atom. The van der Waals surface area contributed by atoms with Gasteiger partial charge in [-0.25, -0.2) is 0 Å². The summed E-state index contributed by atoms with van der Waals surface area (Å²) >= 11 is 11.6. The second kappa shape index (κ2) is 7.93. The van der Waals surface area contributed by atoms with Crippen molar-refractivity contribution in [2.24, 2.45) is 0 Å². The minimum atomic E-state index is -0.201. The lowest BCUT2D eigenvalue weighted by Gasteiger charge is -2.19. The van der Waals surface area contributed by atoms with Crippen molar-refractivity contribution < 1.29 is 9.59 Å². The van der Waals surface area contributed by atoms with Gasteiger partial charge in [0, 0.05) is 33.3 Å². The van der Waals surface area contributed by atoms with E-state index in [2.05, 4.69) is 6.07 Å². The van der Waals surface area contributed by atoms with Crippen molar-refractivity contribution in [2.75, 3.05) is 5.75 Å². The quantitative estimate of drug-likeness (QED) is 0.427. The number of rotatable bonds is 5. The van der Waals surface area contributed by atoms with E-state index in [0.29, 0.717) is 22.6 Å². The van der Waals surface area contributed by atoms with Crippen LogP contribution in [-0.4, -0.2) is 17.3 Å². The van der Waals surface area contributed by atoms with Gasteiger partial charge in [-0.1, -0.05) is 17.7 Å². The molecule has 0 spiro atoms. The zero-order valence-corrected chi connectivity index (χ0v) is 17.3. The van der Waals surface area contributed by atoms with E-state index < -0.39 is 0 Å². The molecule has 0 N–H and O–H groups in total. The molecule has 4 rings (SSSR count). The Labute approximate surface area is 170 Å². The van der Waals surface area contributed by atoms with Crippen LogP contribution in [0.1, 0.15) is 40.1 Å². The van der Waals surface area contributed by atoms with Gasteiger partial charge in [-0.05, 0) is 53.3 Å². The molecule has 0 saturated carbocycles. The van der Waals surface area contributed by atoms with Crippen LogP contribution in [-0.2, 0) is 17.0 Å². The van der Waals surface area contributed by atoms with Crippen molar-refractivity contribution in [3.05, 3.63) is 61.2 Å². The van der Waals surface area contributed by atoms with Gasteiger partial charge < -0.3 is 0 Å².